The van der Waals surface area contributed by atoms with Crippen molar-refractivity contribution >= 4 is 5.69 Å². The second-order valence-corrected chi connectivity index (χ2v) is 4.82. The van der Waals surface area contributed by atoms with Crippen molar-refractivity contribution in [3.05, 3.63) is 29.8 Å². The number of hydrogen-bond donors (Lipinski definition) is 1. The molecule has 18 heavy (non-hydrogen) atoms. The molecule has 0 fully saturated rings. The Labute approximate surface area is 112 Å². The lowest BCUT2D eigenvalue weighted by Gasteiger charge is -2.21. The summed E-state index contributed by atoms with van der Waals surface area (Å²) in [7, 11) is 1.76. The first-order valence-corrected chi connectivity index (χ1v) is 7.15. The van der Waals surface area contributed by atoms with Gasteiger partial charge in [-0.05, 0) is 30.9 Å². The smallest absolute Gasteiger partial charge is 0.0503 e. The van der Waals surface area contributed by atoms with Crippen LogP contribution in [0.5, 0.6) is 0 Å². The molecule has 0 bridgehead atoms. The van der Waals surface area contributed by atoms with Crippen LogP contribution in [0.25, 0.3) is 0 Å². The molecule has 102 valence electrons. The minimum Gasteiger partial charge on any atom is -0.384 e. The number of rotatable bonds is 9. The molecular formula is C16H27NO. The van der Waals surface area contributed by atoms with Crippen LogP contribution in [-0.4, -0.2) is 19.8 Å². The van der Waals surface area contributed by atoms with Gasteiger partial charge in [-0.15, -0.1) is 0 Å². The predicted octanol–water partition coefficient (Wildman–Crippen LogP) is 4.26. The van der Waals surface area contributed by atoms with Crippen molar-refractivity contribution < 1.29 is 4.74 Å². The Balaban J connectivity index is 2.67. The van der Waals surface area contributed by atoms with Crippen molar-refractivity contribution in [2.75, 3.05) is 19.0 Å². The van der Waals surface area contributed by atoms with E-state index in [2.05, 4.69) is 43.4 Å². The highest BCUT2D eigenvalue weighted by Crippen LogP contribution is 2.19. The molecule has 0 heterocycles. The lowest BCUT2D eigenvalue weighted by molar-refractivity contribution is 0.202. The first-order valence-electron chi connectivity index (χ1n) is 7.15. The number of benzene rings is 1. The molecule has 2 heteroatoms. The average molecular weight is 249 g/mol. The monoisotopic (exact) mass is 249 g/mol. The van der Waals surface area contributed by atoms with Gasteiger partial charge >= 0.3 is 0 Å². The number of ether oxygens (including phenoxy) is 1. The van der Waals surface area contributed by atoms with Gasteiger partial charge in [0.15, 0.2) is 0 Å². The molecule has 0 saturated carbocycles. The zero-order chi connectivity index (χ0) is 13.2. The fourth-order valence-corrected chi connectivity index (χ4v) is 2.30. The van der Waals surface area contributed by atoms with Crippen molar-refractivity contribution in [2.24, 2.45) is 0 Å². The minimum atomic E-state index is 0.601. The van der Waals surface area contributed by atoms with E-state index in [-0.39, 0.29) is 0 Å². The van der Waals surface area contributed by atoms with E-state index in [0.717, 1.165) is 13.0 Å². The molecule has 2 nitrogen and oxygen atoms in total. The van der Waals surface area contributed by atoms with Crippen LogP contribution in [0, 0.1) is 0 Å². The van der Waals surface area contributed by atoms with Crippen molar-refractivity contribution in [1.82, 2.24) is 0 Å². The first kappa shape index (κ1) is 15.0. The van der Waals surface area contributed by atoms with Crippen LogP contribution in [0.2, 0.25) is 0 Å². The molecule has 0 aliphatic rings. The van der Waals surface area contributed by atoms with Gasteiger partial charge in [0.05, 0.1) is 6.61 Å². The van der Waals surface area contributed by atoms with E-state index in [1.807, 2.05) is 0 Å². The van der Waals surface area contributed by atoms with Crippen LogP contribution in [-0.2, 0) is 11.2 Å². The second-order valence-electron chi connectivity index (χ2n) is 4.82. The maximum absolute atomic E-state index is 5.17. The average Bonchev–Trinajstić information content (AvgIpc) is 2.38. The van der Waals surface area contributed by atoms with E-state index < -0.39 is 0 Å². The number of para-hydroxylation sites is 1. The number of nitrogens with one attached hydrogen (secondary N) is 1. The van der Waals surface area contributed by atoms with Crippen LogP contribution in [0.15, 0.2) is 24.3 Å². The summed E-state index contributed by atoms with van der Waals surface area (Å²) in [6.07, 6.45) is 5.93. The van der Waals surface area contributed by atoms with E-state index in [1.54, 1.807) is 7.11 Å². The summed E-state index contributed by atoms with van der Waals surface area (Å²) in [4.78, 5) is 0. The summed E-state index contributed by atoms with van der Waals surface area (Å²) in [6.45, 7) is 5.28. The normalized spacial score (nSPS) is 10.9. The van der Waals surface area contributed by atoms with Gasteiger partial charge < -0.3 is 10.1 Å². The quantitative estimate of drug-likeness (QED) is 0.706. The molecule has 0 atom stereocenters. The maximum Gasteiger partial charge on any atom is 0.0503 e. The van der Waals surface area contributed by atoms with Crippen LogP contribution in [0.4, 0.5) is 5.69 Å². The van der Waals surface area contributed by atoms with Gasteiger partial charge in [0.2, 0.25) is 0 Å². The third-order valence-corrected chi connectivity index (χ3v) is 3.23. The third-order valence-electron chi connectivity index (χ3n) is 3.23. The molecule has 0 amide bonds. The summed E-state index contributed by atoms with van der Waals surface area (Å²) in [6, 6.07) is 9.18. The van der Waals surface area contributed by atoms with E-state index in [1.165, 1.54) is 36.9 Å². The van der Waals surface area contributed by atoms with Crippen molar-refractivity contribution in [2.45, 2.75) is 52.0 Å². The molecule has 1 aromatic rings. The fraction of sp³-hybridized carbons (Fsp3) is 0.625. The van der Waals surface area contributed by atoms with Crippen LogP contribution >= 0.6 is 0 Å². The Morgan fingerprint density at radius 1 is 1.11 bits per heavy atom. The fourth-order valence-electron chi connectivity index (χ4n) is 2.30. The summed E-state index contributed by atoms with van der Waals surface area (Å²) in [5, 5.41) is 3.70. The van der Waals surface area contributed by atoms with Crippen LogP contribution < -0.4 is 5.32 Å². The van der Waals surface area contributed by atoms with Gasteiger partial charge in [-0.25, -0.2) is 0 Å². The van der Waals surface area contributed by atoms with Crippen molar-refractivity contribution in [3.8, 4) is 0 Å². The van der Waals surface area contributed by atoms with Crippen molar-refractivity contribution in [3.63, 3.8) is 0 Å². The van der Waals surface area contributed by atoms with E-state index in [9.17, 15) is 0 Å². The van der Waals surface area contributed by atoms with Gasteiger partial charge in [0.25, 0.3) is 0 Å². The lowest BCUT2D eigenvalue weighted by atomic mass is 10.0. The highest BCUT2D eigenvalue weighted by Gasteiger charge is 2.08. The van der Waals surface area contributed by atoms with Gasteiger partial charge in [0, 0.05) is 18.8 Å². The molecule has 0 radical (unpaired) electrons. The molecular weight excluding hydrogens is 222 g/mol. The summed E-state index contributed by atoms with van der Waals surface area (Å²) < 4.78 is 5.17. The van der Waals surface area contributed by atoms with Gasteiger partial charge in [-0.1, -0.05) is 44.9 Å². The molecule has 1 rings (SSSR count). The molecule has 0 unspecified atom stereocenters. The molecule has 1 N–H and O–H groups in total. The Hall–Kier alpha value is -1.02. The van der Waals surface area contributed by atoms with Gasteiger partial charge in [-0.2, -0.15) is 0 Å². The Kier molecular flexibility index (Phi) is 7.51. The predicted molar refractivity (Wildman–Crippen MR) is 79.2 cm³/mol. The number of methoxy groups -OCH3 is 1. The third kappa shape index (κ3) is 5.09. The lowest BCUT2D eigenvalue weighted by Crippen LogP contribution is -2.20. The van der Waals surface area contributed by atoms with Gasteiger partial charge in [-0.3, -0.25) is 0 Å². The molecule has 0 aliphatic carbocycles. The summed E-state index contributed by atoms with van der Waals surface area (Å²) >= 11 is 0. The highest BCUT2D eigenvalue weighted by molar-refractivity contribution is 5.51. The molecule has 0 aromatic heterocycles. The second kappa shape index (κ2) is 8.98. The highest BCUT2D eigenvalue weighted by atomic mass is 16.5. The van der Waals surface area contributed by atoms with Crippen LogP contribution in [0.1, 0.15) is 45.1 Å². The molecule has 0 aliphatic heterocycles. The molecule has 1 aromatic carbocycles. The molecule has 0 saturated heterocycles. The van der Waals surface area contributed by atoms with E-state index in [4.69, 9.17) is 4.74 Å². The maximum atomic E-state index is 5.17. The minimum absolute atomic E-state index is 0.601. The molecule has 0 spiro atoms. The van der Waals surface area contributed by atoms with Gasteiger partial charge in [0.1, 0.15) is 0 Å². The summed E-state index contributed by atoms with van der Waals surface area (Å²) in [5.41, 5.74) is 2.64. The van der Waals surface area contributed by atoms with E-state index in [0.29, 0.717) is 6.04 Å². The van der Waals surface area contributed by atoms with E-state index >= 15 is 0 Å². The van der Waals surface area contributed by atoms with Crippen molar-refractivity contribution in [1.29, 1.82) is 0 Å². The topological polar surface area (TPSA) is 21.3 Å². The zero-order valence-corrected chi connectivity index (χ0v) is 12.0. The standard InChI is InChI=1S/C16H27NO/c1-4-8-15(9-5-2)17-16-11-7-6-10-14(16)12-13-18-3/h6-7,10-11,15,17H,4-5,8-9,12-13H2,1-3H3. The first-order chi connectivity index (χ1) is 8.81. The SMILES string of the molecule is CCCC(CCC)Nc1ccccc1CCOC. The number of anilines is 1. The summed E-state index contributed by atoms with van der Waals surface area (Å²) in [5.74, 6) is 0. The zero-order valence-electron chi connectivity index (χ0n) is 12.0. The Bertz CT molecular complexity index is 319. The van der Waals surface area contributed by atoms with Crippen LogP contribution in [0.3, 0.4) is 0 Å². The Morgan fingerprint density at radius 3 is 2.39 bits per heavy atom. The largest absolute Gasteiger partial charge is 0.384 e. The Morgan fingerprint density at radius 2 is 1.78 bits per heavy atom. The number of hydrogen-bond acceptors (Lipinski definition) is 2.